The Morgan fingerprint density at radius 2 is 2.04 bits per heavy atom. The number of nitrogens with zero attached hydrogens (tertiary/aromatic N) is 1. The number of benzene rings is 1. The first-order valence-corrected chi connectivity index (χ1v) is 10.6. The van der Waals surface area contributed by atoms with Crippen molar-refractivity contribution in [3.63, 3.8) is 0 Å². The molecule has 0 atom stereocenters. The first-order valence-electron chi connectivity index (χ1n) is 8.27. The summed E-state index contributed by atoms with van der Waals surface area (Å²) in [4.78, 5) is 1.17. The van der Waals surface area contributed by atoms with E-state index in [2.05, 4.69) is 0 Å². The molecule has 5 nitrogen and oxygen atoms in total. The molecular weight excluding hydrogens is 370 g/mol. The van der Waals surface area contributed by atoms with Crippen molar-refractivity contribution in [3.8, 4) is 5.75 Å². The van der Waals surface area contributed by atoms with E-state index in [1.165, 1.54) is 15.6 Å². The molecule has 1 aromatic carbocycles. The molecule has 0 bridgehead atoms. The number of sulfonamides is 1. The minimum absolute atomic E-state index is 0.194. The van der Waals surface area contributed by atoms with Crippen molar-refractivity contribution in [1.82, 2.24) is 4.31 Å². The topological polar surface area (TPSA) is 59.8 Å². The van der Waals surface area contributed by atoms with Crippen molar-refractivity contribution >= 4 is 21.4 Å². The van der Waals surface area contributed by atoms with Crippen LogP contribution in [0.1, 0.15) is 22.9 Å². The number of furan rings is 1. The molecule has 0 spiro atoms. The van der Waals surface area contributed by atoms with E-state index in [-0.39, 0.29) is 11.4 Å². The van der Waals surface area contributed by atoms with Gasteiger partial charge in [0.1, 0.15) is 10.6 Å². The fourth-order valence-corrected chi connectivity index (χ4v) is 5.04. The quantitative estimate of drug-likeness (QED) is 0.570. The average Bonchev–Trinajstić information content (AvgIpc) is 3.30. The van der Waals surface area contributed by atoms with Gasteiger partial charge in [-0.05, 0) is 49.1 Å². The fourth-order valence-electron chi connectivity index (χ4n) is 2.62. The molecule has 2 heterocycles. The van der Waals surface area contributed by atoms with Gasteiger partial charge in [0.05, 0.1) is 19.1 Å². The SMILES string of the molecule is CCOc1ccc(C)cc1S(=O)(=O)N(Cc1ccoc1)Cc1cccs1. The minimum Gasteiger partial charge on any atom is -0.492 e. The average molecular weight is 392 g/mol. The number of ether oxygens (including phenoxy) is 1. The minimum atomic E-state index is -3.76. The van der Waals surface area contributed by atoms with Gasteiger partial charge in [-0.3, -0.25) is 0 Å². The van der Waals surface area contributed by atoms with E-state index in [0.29, 0.717) is 18.9 Å². The van der Waals surface area contributed by atoms with Crippen LogP contribution in [-0.2, 0) is 23.1 Å². The third-order valence-electron chi connectivity index (χ3n) is 3.87. The largest absolute Gasteiger partial charge is 0.492 e. The first kappa shape index (κ1) is 18.7. The lowest BCUT2D eigenvalue weighted by atomic mass is 10.2. The highest BCUT2D eigenvalue weighted by Gasteiger charge is 2.29. The zero-order valence-corrected chi connectivity index (χ0v) is 16.3. The van der Waals surface area contributed by atoms with Crippen LogP contribution < -0.4 is 4.74 Å². The van der Waals surface area contributed by atoms with Gasteiger partial charge >= 0.3 is 0 Å². The Labute approximate surface area is 157 Å². The second-order valence-electron chi connectivity index (χ2n) is 5.87. The van der Waals surface area contributed by atoms with Crippen LogP contribution in [0.2, 0.25) is 0 Å². The summed E-state index contributed by atoms with van der Waals surface area (Å²) < 4.78 is 39.0. The first-order chi connectivity index (χ1) is 12.5. The van der Waals surface area contributed by atoms with Crippen molar-refractivity contribution in [1.29, 1.82) is 0 Å². The van der Waals surface area contributed by atoms with E-state index in [1.807, 2.05) is 37.4 Å². The van der Waals surface area contributed by atoms with Crippen LogP contribution in [0.3, 0.4) is 0 Å². The molecule has 0 aliphatic rings. The van der Waals surface area contributed by atoms with E-state index in [0.717, 1.165) is 16.0 Å². The Hall–Kier alpha value is -2.09. The summed E-state index contributed by atoms with van der Waals surface area (Å²) in [6.45, 7) is 4.64. The van der Waals surface area contributed by atoms with Gasteiger partial charge in [-0.25, -0.2) is 8.42 Å². The predicted molar refractivity (Wildman–Crippen MR) is 102 cm³/mol. The van der Waals surface area contributed by atoms with E-state index in [9.17, 15) is 8.42 Å². The standard InChI is InChI=1S/C19H21NO4S2/c1-3-24-18-7-6-15(2)11-19(18)26(21,22)20(12-16-8-9-23-14-16)13-17-5-4-10-25-17/h4-11,14H,3,12-13H2,1-2H3. The lowest BCUT2D eigenvalue weighted by molar-refractivity contribution is 0.327. The van der Waals surface area contributed by atoms with E-state index < -0.39 is 10.0 Å². The number of hydrogen-bond acceptors (Lipinski definition) is 5. The summed E-state index contributed by atoms with van der Waals surface area (Å²) >= 11 is 1.53. The molecule has 138 valence electrons. The van der Waals surface area contributed by atoms with E-state index >= 15 is 0 Å². The zero-order chi connectivity index (χ0) is 18.6. The summed E-state index contributed by atoms with van der Waals surface area (Å²) in [5, 5.41) is 1.94. The normalized spacial score (nSPS) is 11.8. The Morgan fingerprint density at radius 1 is 1.19 bits per heavy atom. The van der Waals surface area contributed by atoms with Gasteiger partial charge in [0.25, 0.3) is 0 Å². The molecule has 7 heteroatoms. The molecule has 2 aromatic heterocycles. The Bertz CT molecular complexity index is 896. The molecule has 26 heavy (non-hydrogen) atoms. The van der Waals surface area contributed by atoms with Gasteiger partial charge in [0, 0.05) is 23.5 Å². The smallest absolute Gasteiger partial charge is 0.247 e. The van der Waals surface area contributed by atoms with Crippen molar-refractivity contribution in [2.24, 2.45) is 0 Å². The molecular formula is C19H21NO4S2. The maximum absolute atomic E-state index is 13.5. The van der Waals surface area contributed by atoms with Crippen LogP contribution in [0, 0.1) is 6.92 Å². The van der Waals surface area contributed by atoms with Crippen LogP contribution in [-0.4, -0.2) is 19.3 Å². The third-order valence-corrected chi connectivity index (χ3v) is 6.54. The lowest BCUT2D eigenvalue weighted by Gasteiger charge is -2.23. The van der Waals surface area contributed by atoms with Gasteiger partial charge in [-0.1, -0.05) is 12.1 Å². The number of hydrogen-bond donors (Lipinski definition) is 0. The summed E-state index contributed by atoms with van der Waals surface area (Å²) in [7, 11) is -3.76. The molecule has 0 amide bonds. The Kier molecular flexibility index (Phi) is 5.80. The van der Waals surface area contributed by atoms with Crippen LogP contribution in [0.5, 0.6) is 5.75 Å². The molecule has 0 saturated heterocycles. The van der Waals surface area contributed by atoms with Crippen molar-refractivity contribution in [2.45, 2.75) is 31.8 Å². The highest BCUT2D eigenvalue weighted by molar-refractivity contribution is 7.89. The molecule has 0 fully saturated rings. The molecule has 3 aromatic rings. The van der Waals surface area contributed by atoms with Gasteiger partial charge in [-0.15, -0.1) is 11.3 Å². The fraction of sp³-hybridized carbons (Fsp3) is 0.263. The summed E-state index contributed by atoms with van der Waals surface area (Å²) in [6.07, 6.45) is 3.11. The third kappa shape index (κ3) is 4.17. The zero-order valence-electron chi connectivity index (χ0n) is 14.7. The van der Waals surface area contributed by atoms with E-state index in [4.69, 9.17) is 9.15 Å². The Balaban J connectivity index is 2.02. The van der Waals surface area contributed by atoms with Crippen LogP contribution in [0.15, 0.2) is 63.6 Å². The maximum atomic E-state index is 13.5. The molecule has 0 N–H and O–H groups in total. The van der Waals surface area contributed by atoms with Crippen molar-refractivity contribution in [2.75, 3.05) is 6.61 Å². The van der Waals surface area contributed by atoms with Gasteiger partial charge < -0.3 is 9.15 Å². The molecule has 0 unspecified atom stereocenters. The van der Waals surface area contributed by atoms with E-state index in [1.54, 1.807) is 30.7 Å². The number of aryl methyl sites for hydroxylation is 1. The van der Waals surface area contributed by atoms with Gasteiger partial charge in [-0.2, -0.15) is 4.31 Å². The molecule has 0 aliphatic heterocycles. The van der Waals surface area contributed by atoms with Crippen LogP contribution >= 0.6 is 11.3 Å². The molecule has 0 radical (unpaired) electrons. The van der Waals surface area contributed by atoms with Gasteiger partial charge in [0.15, 0.2) is 0 Å². The van der Waals surface area contributed by atoms with Crippen molar-refractivity contribution in [3.05, 3.63) is 70.3 Å². The number of thiophene rings is 1. The predicted octanol–water partition coefficient (Wildman–Crippen LogP) is 4.44. The lowest BCUT2D eigenvalue weighted by Crippen LogP contribution is -2.30. The summed E-state index contributed by atoms with van der Waals surface area (Å²) in [5.74, 6) is 0.376. The number of rotatable bonds is 8. The molecule has 3 rings (SSSR count). The highest BCUT2D eigenvalue weighted by atomic mass is 32.2. The summed E-state index contributed by atoms with van der Waals surface area (Å²) in [5.41, 5.74) is 1.67. The molecule has 0 saturated carbocycles. The summed E-state index contributed by atoms with van der Waals surface area (Å²) in [6, 6.07) is 10.9. The van der Waals surface area contributed by atoms with Crippen molar-refractivity contribution < 1.29 is 17.6 Å². The Morgan fingerprint density at radius 3 is 2.69 bits per heavy atom. The monoisotopic (exact) mass is 391 g/mol. The highest BCUT2D eigenvalue weighted by Crippen LogP contribution is 2.30. The van der Waals surface area contributed by atoms with Crippen LogP contribution in [0.4, 0.5) is 0 Å². The van der Waals surface area contributed by atoms with Crippen LogP contribution in [0.25, 0.3) is 0 Å². The second-order valence-corrected chi connectivity index (χ2v) is 8.81. The molecule has 0 aliphatic carbocycles. The van der Waals surface area contributed by atoms with Gasteiger partial charge in [0.2, 0.25) is 10.0 Å². The second kappa shape index (κ2) is 8.07. The maximum Gasteiger partial charge on any atom is 0.247 e.